The molecule has 0 fully saturated rings. The fraction of sp³-hybridized carbons (Fsp3) is 0.259. The number of nitrogens with zero attached hydrogens (tertiary/aromatic N) is 2. The number of benzodiazepines with no additional fused rings is 1. The van der Waals surface area contributed by atoms with E-state index in [1.807, 2.05) is 42.5 Å². The summed E-state index contributed by atoms with van der Waals surface area (Å²) in [5, 5.41) is 5.12. The van der Waals surface area contributed by atoms with Gasteiger partial charge >= 0.3 is 0 Å². The lowest BCUT2D eigenvalue weighted by molar-refractivity contribution is -0.130. The van der Waals surface area contributed by atoms with E-state index in [2.05, 4.69) is 15.6 Å². The SMILES string of the molecule is CC(NC(=O)Cc1cc(F)cc(F)c1)C(=O)NC1N=C(C2=CCCC=C2)c2ccccc2N(C)C1=O. The molecule has 9 heteroatoms. The molecule has 3 amide bonds. The van der Waals surface area contributed by atoms with Crippen molar-refractivity contribution in [3.63, 3.8) is 0 Å². The van der Waals surface area contributed by atoms with Crippen molar-refractivity contribution in [2.45, 2.75) is 38.4 Å². The fourth-order valence-electron chi connectivity index (χ4n) is 4.15. The Morgan fingerprint density at radius 1 is 1.14 bits per heavy atom. The van der Waals surface area contributed by atoms with Gasteiger partial charge in [-0.3, -0.25) is 14.4 Å². The first-order valence-electron chi connectivity index (χ1n) is 11.6. The second-order valence-electron chi connectivity index (χ2n) is 8.69. The second kappa shape index (κ2) is 10.6. The molecule has 0 radical (unpaired) electrons. The number of nitrogens with one attached hydrogen (secondary N) is 2. The number of anilines is 1. The molecule has 2 aromatic carbocycles. The molecule has 1 heterocycles. The van der Waals surface area contributed by atoms with Crippen molar-refractivity contribution in [3.8, 4) is 0 Å². The van der Waals surface area contributed by atoms with E-state index in [0.717, 1.165) is 36.1 Å². The van der Waals surface area contributed by atoms with Crippen LogP contribution in [0.15, 0.2) is 71.3 Å². The molecule has 2 atom stereocenters. The maximum atomic E-state index is 13.4. The molecule has 4 rings (SSSR count). The molecular weight excluding hydrogens is 466 g/mol. The van der Waals surface area contributed by atoms with Crippen molar-refractivity contribution in [2.75, 3.05) is 11.9 Å². The van der Waals surface area contributed by atoms with E-state index in [4.69, 9.17) is 0 Å². The van der Waals surface area contributed by atoms with Gasteiger partial charge in [-0.2, -0.15) is 0 Å². The summed E-state index contributed by atoms with van der Waals surface area (Å²) in [6.45, 7) is 1.45. The summed E-state index contributed by atoms with van der Waals surface area (Å²) >= 11 is 0. The van der Waals surface area contributed by atoms with Gasteiger partial charge in [0, 0.05) is 18.7 Å². The highest BCUT2D eigenvalue weighted by molar-refractivity contribution is 6.21. The minimum atomic E-state index is -1.21. The van der Waals surface area contributed by atoms with Gasteiger partial charge in [0.25, 0.3) is 5.91 Å². The molecule has 0 saturated carbocycles. The summed E-state index contributed by atoms with van der Waals surface area (Å²) in [4.78, 5) is 44.6. The molecular formula is C27H26F2N4O3. The Balaban J connectivity index is 1.52. The first-order valence-corrected chi connectivity index (χ1v) is 11.6. The van der Waals surface area contributed by atoms with Crippen molar-refractivity contribution >= 4 is 29.1 Å². The van der Waals surface area contributed by atoms with Crippen molar-refractivity contribution < 1.29 is 23.2 Å². The zero-order valence-corrected chi connectivity index (χ0v) is 19.9. The van der Waals surface area contributed by atoms with Gasteiger partial charge in [-0.05, 0) is 49.1 Å². The molecule has 0 bridgehead atoms. The van der Waals surface area contributed by atoms with Gasteiger partial charge in [0.05, 0.1) is 17.8 Å². The van der Waals surface area contributed by atoms with Crippen molar-refractivity contribution in [3.05, 3.63) is 89.0 Å². The van der Waals surface area contributed by atoms with Gasteiger partial charge < -0.3 is 15.5 Å². The van der Waals surface area contributed by atoms with Crippen LogP contribution in [0, 0.1) is 11.6 Å². The fourth-order valence-corrected chi connectivity index (χ4v) is 4.15. The average molecular weight is 493 g/mol. The van der Waals surface area contributed by atoms with Gasteiger partial charge in [0.2, 0.25) is 18.0 Å². The smallest absolute Gasteiger partial charge is 0.272 e. The lowest BCUT2D eigenvalue weighted by Crippen LogP contribution is -2.52. The van der Waals surface area contributed by atoms with Crippen molar-refractivity contribution in [1.29, 1.82) is 0 Å². The van der Waals surface area contributed by atoms with Crippen LogP contribution in [-0.2, 0) is 20.8 Å². The van der Waals surface area contributed by atoms with Gasteiger partial charge in [-0.25, -0.2) is 13.8 Å². The number of rotatable bonds is 6. The van der Waals surface area contributed by atoms with E-state index in [9.17, 15) is 23.2 Å². The van der Waals surface area contributed by atoms with Gasteiger partial charge in [0.1, 0.15) is 17.7 Å². The Morgan fingerprint density at radius 3 is 2.56 bits per heavy atom. The lowest BCUT2D eigenvalue weighted by Gasteiger charge is -2.22. The van der Waals surface area contributed by atoms with Crippen LogP contribution < -0.4 is 15.5 Å². The average Bonchev–Trinajstić information content (AvgIpc) is 2.94. The van der Waals surface area contributed by atoms with Crippen molar-refractivity contribution in [1.82, 2.24) is 10.6 Å². The summed E-state index contributed by atoms with van der Waals surface area (Å²) in [5.41, 5.74) is 3.03. The standard InChI is InChI=1S/C27H26F2N4O3/c1-16(30-23(34)14-17-12-19(28)15-20(29)13-17)26(35)32-25-27(36)33(2)22-11-7-6-10-21(22)24(31-25)18-8-4-3-5-9-18/h4,6-13,15-16,25H,3,5,14H2,1-2H3,(H,30,34)(H,32,35). The maximum Gasteiger partial charge on any atom is 0.272 e. The molecule has 2 unspecified atom stereocenters. The van der Waals surface area contributed by atoms with E-state index in [-0.39, 0.29) is 12.0 Å². The molecule has 186 valence electrons. The summed E-state index contributed by atoms with van der Waals surface area (Å²) in [6.07, 6.45) is 6.26. The third-order valence-corrected chi connectivity index (χ3v) is 5.95. The Kier molecular flexibility index (Phi) is 7.38. The van der Waals surface area contributed by atoms with E-state index >= 15 is 0 Å². The number of carbonyl (C=O) groups is 3. The third kappa shape index (κ3) is 5.56. The minimum absolute atomic E-state index is 0.138. The minimum Gasteiger partial charge on any atom is -0.344 e. The summed E-state index contributed by atoms with van der Waals surface area (Å²) in [5.74, 6) is -3.24. The number of allylic oxidation sites excluding steroid dienone is 4. The topological polar surface area (TPSA) is 90.9 Å². The number of hydrogen-bond donors (Lipinski definition) is 2. The molecule has 0 aromatic heterocycles. The van der Waals surface area contributed by atoms with Crippen LogP contribution in [-0.4, -0.2) is 42.7 Å². The van der Waals surface area contributed by atoms with Crippen LogP contribution in [0.1, 0.15) is 30.9 Å². The van der Waals surface area contributed by atoms with E-state index in [1.54, 1.807) is 7.05 Å². The van der Waals surface area contributed by atoms with Crippen LogP contribution in [0.25, 0.3) is 0 Å². The monoisotopic (exact) mass is 492 g/mol. The zero-order chi connectivity index (χ0) is 25.8. The maximum absolute atomic E-state index is 13.4. The van der Waals surface area contributed by atoms with Crippen molar-refractivity contribution in [2.24, 2.45) is 4.99 Å². The highest BCUT2D eigenvalue weighted by Crippen LogP contribution is 2.28. The zero-order valence-electron chi connectivity index (χ0n) is 19.9. The number of likely N-dealkylation sites (N-methyl/N-ethyl adjacent to an activating group) is 1. The largest absolute Gasteiger partial charge is 0.344 e. The first-order chi connectivity index (χ1) is 17.2. The number of hydrogen-bond acceptors (Lipinski definition) is 4. The molecule has 36 heavy (non-hydrogen) atoms. The number of halogens is 2. The Hall–Kier alpha value is -4.14. The lowest BCUT2D eigenvalue weighted by atomic mass is 9.96. The Labute approximate surface area is 207 Å². The number of para-hydroxylation sites is 1. The van der Waals surface area contributed by atoms with Crippen LogP contribution >= 0.6 is 0 Å². The molecule has 2 aliphatic rings. The molecule has 2 N–H and O–H groups in total. The number of benzene rings is 2. The van der Waals surface area contributed by atoms with E-state index < -0.39 is 41.6 Å². The predicted molar refractivity (Wildman–Crippen MR) is 132 cm³/mol. The normalized spacial score (nSPS) is 17.9. The van der Waals surface area contributed by atoms with Gasteiger partial charge in [-0.1, -0.05) is 36.4 Å². The van der Waals surface area contributed by atoms with E-state index in [0.29, 0.717) is 17.5 Å². The second-order valence-corrected chi connectivity index (χ2v) is 8.69. The number of fused-ring (bicyclic) bond motifs is 1. The molecule has 1 aliphatic carbocycles. The molecule has 0 saturated heterocycles. The Bertz CT molecular complexity index is 1280. The molecule has 1 aliphatic heterocycles. The van der Waals surface area contributed by atoms with Gasteiger partial charge in [0.15, 0.2) is 0 Å². The third-order valence-electron chi connectivity index (χ3n) is 5.95. The molecule has 2 aromatic rings. The van der Waals surface area contributed by atoms with E-state index in [1.165, 1.54) is 11.8 Å². The van der Waals surface area contributed by atoms with Crippen LogP contribution in [0.3, 0.4) is 0 Å². The van der Waals surface area contributed by atoms with Crippen LogP contribution in [0.2, 0.25) is 0 Å². The Morgan fingerprint density at radius 2 is 1.86 bits per heavy atom. The number of aliphatic imine (C=N–C) groups is 1. The summed E-state index contributed by atoms with van der Waals surface area (Å²) in [6, 6.07) is 9.18. The molecule has 7 nitrogen and oxygen atoms in total. The summed E-state index contributed by atoms with van der Waals surface area (Å²) in [7, 11) is 1.62. The number of amides is 3. The highest BCUT2D eigenvalue weighted by Gasteiger charge is 2.32. The quantitative estimate of drug-likeness (QED) is 0.649. The predicted octanol–water partition coefficient (Wildman–Crippen LogP) is 3.20. The molecule has 0 spiro atoms. The first kappa shape index (κ1) is 25.0. The summed E-state index contributed by atoms with van der Waals surface area (Å²) < 4.78 is 26.8. The van der Waals surface area contributed by atoms with Crippen LogP contribution in [0.5, 0.6) is 0 Å². The van der Waals surface area contributed by atoms with Crippen LogP contribution in [0.4, 0.5) is 14.5 Å². The highest BCUT2D eigenvalue weighted by atomic mass is 19.1. The van der Waals surface area contributed by atoms with Gasteiger partial charge in [-0.15, -0.1) is 0 Å². The number of carbonyl (C=O) groups excluding carboxylic acids is 3.